The van der Waals surface area contributed by atoms with E-state index < -0.39 is 10.0 Å². The Hall–Kier alpha value is -0.760. The summed E-state index contributed by atoms with van der Waals surface area (Å²) >= 11 is 10.7. The summed E-state index contributed by atoms with van der Waals surface area (Å²) in [5.41, 5.74) is 1.20. The molecule has 2 rings (SSSR count). The third-order valence-corrected chi connectivity index (χ3v) is 6.23. The quantitative estimate of drug-likeness (QED) is 0.817. The van der Waals surface area contributed by atoms with Gasteiger partial charge < -0.3 is 4.90 Å². The van der Waals surface area contributed by atoms with E-state index in [1.165, 1.54) is 11.3 Å². The average Bonchev–Trinajstić information content (AvgIpc) is 2.68. The number of halogens is 2. The topological polar surface area (TPSA) is 49.4 Å². The third-order valence-electron chi connectivity index (χ3n) is 2.82. The number of benzene rings is 1. The molecule has 1 heterocycles. The summed E-state index contributed by atoms with van der Waals surface area (Å²) in [6.45, 7) is 1.77. The van der Waals surface area contributed by atoms with Crippen LogP contribution in [0.25, 0.3) is 0 Å². The first-order valence-corrected chi connectivity index (χ1v) is 9.43. The highest BCUT2D eigenvalue weighted by atomic mass is 79.9. The lowest BCUT2D eigenvalue weighted by Gasteiger charge is -2.18. The molecule has 0 saturated carbocycles. The summed E-state index contributed by atoms with van der Waals surface area (Å²) in [5.74, 6) is 0. The summed E-state index contributed by atoms with van der Waals surface area (Å²) in [6, 6.07) is 6.70. The van der Waals surface area contributed by atoms with E-state index in [4.69, 9.17) is 11.6 Å². The van der Waals surface area contributed by atoms with E-state index in [1.807, 2.05) is 19.0 Å². The molecule has 1 aromatic carbocycles. The zero-order valence-corrected chi connectivity index (χ0v) is 15.6. The highest BCUT2D eigenvalue weighted by molar-refractivity contribution is 9.11. The van der Waals surface area contributed by atoms with Crippen LogP contribution in [0.1, 0.15) is 4.88 Å². The molecule has 4 nitrogen and oxygen atoms in total. The molecule has 0 aliphatic rings. The Labute approximate surface area is 141 Å². The van der Waals surface area contributed by atoms with Crippen molar-refractivity contribution in [2.75, 3.05) is 23.7 Å². The van der Waals surface area contributed by atoms with Crippen LogP contribution in [0.5, 0.6) is 0 Å². The van der Waals surface area contributed by atoms with Crippen LogP contribution in [-0.2, 0) is 10.0 Å². The van der Waals surface area contributed by atoms with Gasteiger partial charge in [-0.3, -0.25) is 4.72 Å². The Morgan fingerprint density at radius 1 is 1.29 bits per heavy atom. The van der Waals surface area contributed by atoms with Crippen molar-refractivity contribution < 1.29 is 8.42 Å². The van der Waals surface area contributed by atoms with E-state index in [-0.39, 0.29) is 4.90 Å². The third kappa shape index (κ3) is 3.71. The molecule has 114 valence electrons. The number of nitrogens with zero attached hydrogens (tertiary/aromatic N) is 1. The monoisotopic (exact) mass is 408 g/mol. The highest BCUT2D eigenvalue weighted by Gasteiger charge is 2.21. The molecule has 0 fully saturated rings. The molecule has 21 heavy (non-hydrogen) atoms. The molecular weight excluding hydrogens is 396 g/mol. The highest BCUT2D eigenvalue weighted by Crippen LogP contribution is 2.33. The van der Waals surface area contributed by atoms with Crippen LogP contribution in [0.3, 0.4) is 0 Å². The number of anilines is 2. The van der Waals surface area contributed by atoms with Crippen molar-refractivity contribution in [3.63, 3.8) is 0 Å². The second kappa shape index (κ2) is 6.16. The molecule has 0 bridgehead atoms. The lowest BCUT2D eigenvalue weighted by Crippen LogP contribution is -2.17. The number of aryl methyl sites for hydroxylation is 1. The Morgan fingerprint density at radius 2 is 1.95 bits per heavy atom. The zero-order chi connectivity index (χ0) is 15.8. The second-order valence-electron chi connectivity index (χ2n) is 4.63. The largest absolute Gasteiger partial charge is 0.376 e. The van der Waals surface area contributed by atoms with Crippen molar-refractivity contribution in [3.05, 3.63) is 38.0 Å². The van der Waals surface area contributed by atoms with E-state index in [1.54, 1.807) is 31.2 Å². The van der Waals surface area contributed by atoms with Crippen LogP contribution in [0.2, 0.25) is 5.02 Å². The van der Waals surface area contributed by atoms with Crippen molar-refractivity contribution in [1.82, 2.24) is 0 Å². The van der Waals surface area contributed by atoms with Crippen LogP contribution in [-0.4, -0.2) is 22.5 Å². The van der Waals surface area contributed by atoms with Gasteiger partial charge in [-0.05, 0) is 47.1 Å². The van der Waals surface area contributed by atoms with Gasteiger partial charge in [0.1, 0.15) is 4.90 Å². The molecule has 0 saturated heterocycles. The Bertz CT molecular complexity index is 772. The number of sulfonamides is 1. The molecule has 0 unspecified atom stereocenters. The van der Waals surface area contributed by atoms with Crippen LogP contribution >= 0.6 is 38.9 Å². The van der Waals surface area contributed by atoms with Crippen molar-refractivity contribution in [2.24, 2.45) is 0 Å². The van der Waals surface area contributed by atoms with Crippen molar-refractivity contribution in [3.8, 4) is 0 Å². The molecule has 8 heteroatoms. The lowest BCUT2D eigenvalue weighted by atomic mass is 10.2. The van der Waals surface area contributed by atoms with Gasteiger partial charge in [0.25, 0.3) is 10.0 Å². The molecule has 0 atom stereocenters. The van der Waals surface area contributed by atoms with Crippen molar-refractivity contribution in [2.45, 2.75) is 11.8 Å². The fourth-order valence-electron chi connectivity index (χ4n) is 1.88. The standard InChI is InChI=1S/C13H14BrClN2O2S2/c1-8-12(7-13(14)20-8)21(18,19)16-10-6-9(15)4-5-11(10)17(2)3/h4-7,16H,1-3H3. The molecule has 1 aromatic heterocycles. The molecule has 0 spiro atoms. The maximum Gasteiger partial charge on any atom is 0.263 e. The number of nitrogens with one attached hydrogen (secondary N) is 1. The Balaban J connectivity index is 2.46. The minimum absolute atomic E-state index is 0.268. The van der Waals surface area contributed by atoms with Gasteiger partial charge in [-0.25, -0.2) is 8.42 Å². The lowest BCUT2D eigenvalue weighted by molar-refractivity contribution is 0.601. The van der Waals surface area contributed by atoms with Gasteiger partial charge in [-0.15, -0.1) is 11.3 Å². The fraction of sp³-hybridized carbons (Fsp3) is 0.231. The maximum atomic E-state index is 12.5. The first-order chi connectivity index (χ1) is 9.70. The number of hydrogen-bond donors (Lipinski definition) is 1. The molecule has 0 aliphatic heterocycles. The molecule has 0 aliphatic carbocycles. The predicted octanol–water partition coefficient (Wildman–Crippen LogP) is 4.34. The van der Waals surface area contributed by atoms with Gasteiger partial charge in [0.2, 0.25) is 0 Å². The zero-order valence-electron chi connectivity index (χ0n) is 11.6. The summed E-state index contributed by atoms with van der Waals surface area (Å²) in [4.78, 5) is 2.82. The number of rotatable bonds is 4. The molecule has 2 aromatic rings. The van der Waals surface area contributed by atoms with Gasteiger partial charge in [0.15, 0.2) is 0 Å². The van der Waals surface area contributed by atoms with E-state index in [9.17, 15) is 8.42 Å². The fourth-order valence-corrected chi connectivity index (χ4v) is 5.53. The van der Waals surface area contributed by atoms with Gasteiger partial charge in [0.05, 0.1) is 15.2 Å². The van der Waals surface area contributed by atoms with Crippen LogP contribution < -0.4 is 9.62 Å². The van der Waals surface area contributed by atoms with E-state index >= 15 is 0 Å². The van der Waals surface area contributed by atoms with Gasteiger partial charge in [-0.1, -0.05) is 11.6 Å². The molecule has 0 amide bonds. The summed E-state index contributed by atoms with van der Waals surface area (Å²) in [7, 11) is 0.0306. The van der Waals surface area contributed by atoms with Gasteiger partial charge >= 0.3 is 0 Å². The van der Waals surface area contributed by atoms with Gasteiger partial charge in [0, 0.05) is 24.0 Å². The summed E-state index contributed by atoms with van der Waals surface area (Å²) in [6.07, 6.45) is 0. The van der Waals surface area contributed by atoms with Crippen molar-refractivity contribution >= 4 is 60.3 Å². The smallest absolute Gasteiger partial charge is 0.263 e. The van der Waals surface area contributed by atoms with E-state index in [0.717, 1.165) is 14.4 Å². The van der Waals surface area contributed by atoms with E-state index in [2.05, 4.69) is 20.7 Å². The van der Waals surface area contributed by atoms with Gasteiger partial charge in [-0.2, -0.15) is 0 Å². The Morgan fingerprint density at radius 3 is 2.48 bits per heavy atom. The molecular formula is C13H14BrClN2O2S2. The molecule has 0 radical (unpaired) electrons. The number of thiophene rings is 1. The van der Waals surface area contributed by atoms with Crippen LogP contribution in [0.15, 0.2) is 32.9 Å². The predicted molar refractivity (Wildman–Crippen MR) is 93.3 cm³/mol. The van der Waals surface area contributed by atoms with E-state index in [0.29, 0.717) is 10.7 Å². The minimum atomic E-state index is -3.65. The second-order valence-corrected chi connectivity index (χ2v) is 9.36. The maximum absolute atomic E-state index is 12.5. The Kier molecular flexibility index (Phi) is 4.87. The minimum Gasteiger partial charge on any atom is -0.376 e. The van der Waals surface area contributed by atoms with Crippen LogP contribution in [0, 0.1) is 6.92 Å². The SMILES string of the molecule is Cc1sc(Br)cc1S(=O)(=O)Nc1cc(Cl)ccc1N(C)C. The average molecular weight is 410 g/mol. The number of hydrogen-bond acceptors (Lipinski definition) is 4. The first kappa shape index (κ1) is 16.6. The first-order valence-electron chi connectivity index (χ1n) is 5.96. The summed E-state index contributed by atoms with van der Waals surface area (Å²) < 4.78 is 28.5. The summed E-state index contributed by atoms with van der Waals surface area (Å²) in [5, 5.41) is 0.474. The molecule has 1 N–H and O–H groups in total. The van der Waals surface area contributed by atoms with Crippen LogP contribution in [0.4, 0.5) is 11.4 Å². The van der Waals surface area contributed by atoms with Crippen molar-refractivity contribution in [1.29, 1.82) is 0 Å². The normalized spacial score (nSPS) is 11.5.